The smallest absolute Gasteiger partial charge is 0.260 e. The zero-order chi connectivity index (χ0) is 21.8. The molecule has 2 rings (SSSR count). The Kier molecular flexibility index (Phi) is 7.93. The van der Waals surface area contributed by atoms with Crippen LogP contribution >= 0.6 is 39.1 Å². The van der Waals surface area contributed by atoms with E-state index in [9.17, 15) is 13.2 Å². The fourth-order valence-electron chi connectivity index (χ4n) is 2.39. The normalized spacial score (nSPS) is 11.5. The molecule has 2 aromatic carbocycles. The Morgan fingerprint density at radius 1 is 1.17 bits per heavy atom. The topological polar surface area (TPSA) is 82.1 Å². The second kappa shape index (κ2) is 9.80. The van der Waals surface area contributed by atoms with E-state index in [1.165, 1.54) is 24.4 Å². The summed E-state index contributed by atoms with van der Waals surface area (Å²) in [6, 6.07) is 9.89. The first-order valence-electron chi connectivity index (χ1n) is 8.20. The lowest BCUT2D eigenvalue weighted by Crippen LogP contribution is -2.39. The molecule has 29 heavy (non-hydrogen) atoms. The molecular weight excluding hydrogens is 503 g/mol. The second-order valence-corrected chi connectivity index (χ2v) is 9.93. The maximum atomic E-state index is 12.2. The molecule has 0 spiro atoms. The first-order valence-corrected chi connectivity index (χ1v) is 11.6. The predicted molar refractivity (Wildman–Crippen MR) is 123 cm³/mol. The van der Waals surface area contributed by atoms with E-state index in [2.05, 4.69) is 26.5 Å². The number of rotatable bonds is 7. The van der Waals surface area contributed by atoms with E-state index in [1.807, 2.05) is 37.2 Å². The number of carbonyl (C=O) groups is 1. The molecule has 0 aliphatic carbocycles. The Hall–Kier alpha value is -1.81. The minimum atomic E-state index is -3.75. The van der Waals surface area contributed by atoms with Gasteiger partial charge in [-0.05, 0) is 51.8 Å². The van der Waals surface area contributed by atoms with Crippen molar-refractivity contribution in [3.63, 3.8) is 0 Å². The maximum Gasteiger partial charge on any atom is 0.260 e. The molecule has 0 aromatic heterocycles. The van der Waals surface area contributed by atoms with Crippen LogP contribution in [0, 0.1) is 0 Å². The van der Waals surface area contributed by atoms with Crippen molar-refractivity contribution in [2.75, 3.05) is 36.1 Å². The molecule has 2 aromatic rings. The van der Waals surface area contributed by atoms with Crippen LogP contribution in [0.5, 0.6) is 0 Å². The number of anilines is 2. The van der Waals surface area contributed by atoms with Crippen LogP contribution in [0.2, 0.25) is 10.0 Å². The van der Waals surface area contributed by atoms with E-state index in [-0.39, 0.29) is 15.7 Å². The summed E-state index contributed by atoms with van der Waals surface area (Å²) in [7, 11) is 0.101. The van der Waals surface area contributed by atoms with E-state index in [1.54, 1.807) is 0 Å². The van der Waals surface area contributed by atoms with Gasteiger partial charge in [-0.15, -0.1) is 0 Å². The van der Waals surface area contributed by atoms with Gasteiger partial charge in [0.15, 0.2) is 0 Å². The van der Waals surface area contributed by atoms with Crippen LogP contribution in [0.15, 0.2) is 46.0 Å². The van der Waals surface area contributed by atoms with Gasteiger partial charge in [0, 0.05) is 28.6 Å². The van der Waals surface area contributed by atoms with Gasteiger partial charge in [-0.25, -0.2) is 13.8 Å². The molecule has 0 aliphatic heterocycles. The minimum Gasteiger partial charge on any atom is -0.377 e. The summed E-state index contributed by atoms with van der Waals surface area (Å²) in [4.78, 5) is 14.2. The van der Waals surface area contributed by atoms with Gasteiger partial charge >= 0.3 is 0 Å². The van der Waals surface area contributed by atoms with Gasteiger partial charge in [-0.2, -0.15) is 5.10 Å². The van der Waals surface area contributed by atoms with Crippen molar-refractivity contribution in [2.24, 2.45) is 5.10 Å². The minimum absolute atomic E-state index is 0.187. The number of hydrogen-bond acceptors (Lipinski definition) is 5. The van der Waals surface area contributed by atoms with Gasteiger partial charge in [-0.3, -0.25) is 9.10 Å². The molecule has 0 saturated carbocycles. The van der Waals surface area contributed by atoms with Gasteiger partial charge in [0.1, 0.15) is 6.54 Å². The molecule has 7 nitrogen and oxygen atoms in total. The zero-order valence-electron chi connectivity index (χ0n) is 15.9. The second-order valence-electron chi connectivity index (χ2n) is 6.30. The molecule has 0 heterocycles. The summed E-state index contributed by atoms with van der Waals surface area (Å²) in [5.74, 6) is -0.619. The average Bonchev–Trinajstić information content (AvgIpc) is 2.57. The molecule has 0 bridgehead atoms. The van der Waals surface area contributed by atoms with Crippen LogP contribution in [-0.2, 0) is 14.8 Å². The Balaban J connectivity index is 2.11. The van der Waals surface area contributed by atoms with Gasteiger partial charge in [-0.1, -0.05) is 29.3 Å². The maximum absolute atomic E-state index is 12.2. The van der Waals surface area contributed by atoms with Crippen molar-refractivity contribution in [1.29, 1.82) is 0 Å². The van der Waals surface area contributed by atoms with Crippen LogP contribution < -0.4 is 14.6 Å². The lowest BCUT2D eigenvalue weighted by molar-refractivity contribution is -0.119. The largest absolute Gasteiger partial charge is 0.377 e. The van der Waals surface area contributed by atoms with Crippen LogP contribution in [-0.4, -0.2) is 47.4 Å². The monoisotopic (exact) mass is 520 g/mol. The summed E-state index contributed by atoms with van der Waals surface area (Å²) in [5, 5.41) is 4.40. The fraction of sp³-hybridized carbons (Fsp3) is 0.222. The molecule has 0 aliphatic rings. The number of hydrogen-bond donors (Lipinski definition) is 1. The van der Waals surface area contributed by atoms with Crippen LogP contribution in [0.1, 0.15) is 5.56 Å². The van der Waals surface area contributed by atoms with Crippen molar-refractivity contribution in [2.45, 2.75) is 0 Å². The number of sulfonamides is 1. The summed E-state index contributed by atoms with van der Waals surface area (Å²) in [6.07, 6.45) is 2.45. The molecule has 0 radical (unpaired) electrons. The van der Waals surface area contributed by atoms with Crippen LogP contribution in [0.4, 0.5) is 11.4 Å². The van der Waals surface area contributed by atoms with Crippen LogP contribution in [0.25, 0.3) is 0 Å². The Morgan fingerprint density at radius 2 is 1.79 bits per heavy atom. The van der Waals surface area contributed by atoms with E-state index >= 15 is 0 Å². The summed E-state index contributed by atoms with van der Waals surface area (Å²) >= 11 is 15.4. The van der Waals surface area contributed by atoms with Gasteiger partial charge in [0.25, 0.3) is 5.91 Å². The number of carbonyl (C=O) groups excluding carboxylic acids is 1. The Bertz CT molecular complexity index is 1030. The Morgan fingerprint density at radius 3 is 2.31 bits per heavy atom. The third-order valence-electron chi connectivity index (χ3n) is 3.68. The molecule has 156 valence electrons. The van der Waals surface area contributed by atoms with Crippen molar-refractivity contribution in [3.05, 3.63) is 56.5 Å². The molecular formula is C18H19BrCl2N4O3S. The van der Waals surface area contributed by atoms with Gasteiger partial charge < -0.3 is 4.90 Å². The first kappa shape index (κ1) is 23.5. The Labute approximate surface area is 188 Å². The van der Waals surface area contributed by atoms with E-state index < -0.39 is 22.5 Å². The molecule has 11 heteroatoms. The van der Waals surface area contributed by atoms with E-state index in [0.717, 1.165) is 26.3 Å². The number of benzene rings is 2. The standard InChI is InChI=1S/C18H19BrCl2N4O3S/c1-24(2)17-5-4-12(6-16(17)19)10-22-23-18(26)11-25(29(3,27)28)15-8-13(20)7-14(21)9-15/h4-10H,11H2,1-3H3,(H,23,26)/b22-10-. The summed E-state index contributed by atoms with van der Waals surface area (Å²) < 4.78 is 26.0. The molecule has 0 unspecified atom stereocenters. The van der Waals surface area contributed by atoms with E-state index in [4.69, 9.17) is 23.2 Å². The fourth-order valence-corrected chi connectivity index (χ4v) is 4.50. The van der Waals surface area contributed by atoms with Crippen molar-refractivity contribution in [3.8, 4) is 0 Å². The number of halogens is 3. The number of amides is 1. The van der Waals surface area contributed by atoms with Crippen molar-refractivity contribution >= 4 is 72.7 Å². The molecule has 1 N–H and O–H groups in total. The SMILES string of the molecule is CN(C)c1ccc(/C=N\NC(=O)CN(c2cc(Cl)cc(Cl)c2)S(C)(=O)=O)cc1Br. The lowest BCUT2D eigenvalue weighted by Gasteiger charge is -2.21. The highest BCUT2D eigenvalue weighted by Crippen LogP contribution is 2.27. The summed E-state index contributed by atoms with van der Waals surface area (Å²) in [5.41, 5.74) is 4.26. The quantitative estimate of drug-likeness (QED) is 0.444. The first-order chi connectivity index (χ1) is 13.5. The molecule has 1 amide bonds. The highest BCUT2D eigenvalue weighted by Gasteiger charge is 2.21. The van der Waals surface area contributed by atoms with Crippen molar-refractivity contribution < 1.29 is 13.2 Å². The number of nitrogens with zero attached hydrogens (tertiary/aromatic N) is 3. The molecule has 0 fully saturated rings. The third kappa shape index (κ3) is 6.88. The summed E-state index contributed by atoms with van der Waals surface area (Å²) in [6.45, 7) is -0.476. The zero-order valence-corrected chi connectivity index (χ0v) is 19.8. The van der Waals surface area contributed by atoms with Crippen LogP contribution in [0.3, 0.4) is 0 Å². The molecule has 0 atom stereocenters. The number of hydrazone groups is 1. The third-order valence-corrected chi connectivity index (χ3v) is 5.89. The van der Waals surface area contributed by atoms with Gasteiger partial charge in [0.2, 0.25) is 10.0 Å². The number of nitrogens with one attached hydrogen (secondary N) is 1. The highest BCUT2D eigenvalue weighted by molar-refractivity contribution is 9.10. The highest BCUT2D eigenvalue weighted by atomic mass is 79.9. The van der Waals surface area contributed by atoms with E-state index in [0.29, 0.717) is 0 Å². The molecule has 0 saturated heterocycles. The van der Waals surface area contributed by atoms with Gasteiger partial charge in [0.05, 0.1) is 23.8 Å². The van der Waals surface area contributed by atoms with Crippen molar-refractivity contribution in [1.82, 2.24) is 5.43 Å². The lowest BCUT2D eigenvalue weighted by atomic mass is 10.2. The predicted octanol–water partition coefficient (Wildman–Crippen LogP) is 3.74. The average molecular weight is 522 g/mol.